The quantitative estimate of drug-likeness (QED) is 0.831. The highest BCUT2D eigenvalue weighted by molar-refractivity contribution is 9.10. The van der Waals surface area contributed by atoms with Crippen LogP contribution in [0.1, 0.15) is 20.3 Å². The molecule has 0 saturated heterocycles. The van der Waals surface area contributed by atoms with Gasteiger partial charge in [-0.1, -0.05) is 13.8 Å². The molecular formula is C10H16BrN3. The number of hydrogen-bond donors (Lipinski definition) is 0. The molecule has 1 heterocycles. The van der Waals surface area contributed by atoms with E-state index < -0.39 is 0 Å². The Morgan fingerprint density at radius 2 is 2.21 bits per heavy atom. The molecule has 0 bridgehead atoms. The number of nitrogens with zero attached hydrogens (tertiary/aromatic N) is 3. The van der Waals surface area contributed by atoms with E-state index in [9.17, 15) is 0 Å². The maximum absolute atomic E-state index is 4.22. The second-order valence-corrected chi connectivity index (χ2v) is 4.65. The summed E-state index contributed by atoms with van der Waals surface area (Å²) in [6.45, 7) is 5.47. The molecule has 0 fully saturated rings. The second kappa shape index (κ2) is 5.29. The Bertz CT molecular complexity index is 288. The Kier molecular flexibility index (Phi) is 4.32. The monoisotopic (exact) mass is 257 g/mol. The van der Waals surface area contributed by atoms with Crippen LogP contribution >= 0.6 is 15.9 Å². The number of anilines is 1. The first-order chi connectivity index (χ1) is 6.61. The Morgan fingerprint density at radius 3 is 2.79 bits per heavy atom. The zero-order valence-corrected chi connectivity index (χ0v) is 10.5. The van der Waals surface area contributed by atoms with Gasteiger partial charge in [-0.3, -0.25) is 0 Å². The minimum atomic E-state index is 0.720. The first-order valence-electron chi connectivity index (χ1n) is 4.78. The summed E-state index contributed by atoms with van der Waals surface area (Å²) < 4.78 is 0.950. The lowest BCUT2D eigenvalue weighted by Gasteiger charge is -2.19. The summed E-state index contributed by atoms with van der Waals surface area (Å²) in [5.41, 5.74) is 0. The van der Waals surface area contributed by atoms with Gasteiger partial charge in [-0.2, -0.15) is 0 Å². The lowest BCUT2D eigenvalue weighted by molar-refractivity contribution is 0.583. The van der Waals surface area contributed by atoms with Gasteiger partial charge in [0.05, 0.1) is 4.47 Å². The summed E-state index contributed by atoms with van der Waals surface area (Å²) in [7, 11) is 2.05. The topological polar surface area (TPSA) is 29.0 Å². The van der Waals surface area contributed by atoms with Gasteiger partial charge in [-0.25, -0.2) is 9.97 Å². The van der Waals surface area contributed by atoms with E-state index in [2.05, 4.69) is 51.7 Å². The van der Waals surface area contributed by atoms with Crippen molar-refractivity contribution in [1.29, 1.82) is 0 Å². The number of hydrogen-bond acceptors (Lipinski definition) is 3. The molecule has 3 nitrogen and oxygen atoms in total. The normalized spacial score (nSPS) is 10.6. The fraction of sp³-hybridized carbons (Fsp3) is 0.600. The average molecular weight is 258 g/mol. The molecule has 0 spiro atoms. The maximum Gasteiger partial charge on any atom is 0.146 e. The fourth-order valence-electron chi connectivity index (χ4n) is 1.14. The van der Waals surface area contributed by atoms with Gasteiger partial charge in [0.15, 0.2) is 0 Å². The van der Waals surface area contributed by atoms with Crippen LogP contribution < -0.4 is 4.90 Å². The van der Waals surface area contributed by atoms with Crippen LogP contribution in [0.2, 0.25) is 0 Å². The smallest absolute Gasteiger partial charge is 0.146 e. The molecule has 0 aromatic carbocycles. The van der Waals surface area contributed by atoms with Crippen LogP contribution in [-0.2, 0) is 0 Å². The van der Waals surface area contributed by atoms with Crippen LogP contribution in [0.25, 0.3) is 0 Å². The van der Waals surface area contributed by atoms with Crippen molar-refractivity contribution in [2.45, 2.75) is 20.3 Å². The summed E-state index contributed by atoms with van der Waals surface area (Å²) >= 11 is 3.44. The first kappa shape index (κ1) is 11.4. The van der Waals surface area contributed by atoms with Crippen molar-refractivity contribution in [3.8, 4) is 0 Å². The standard InChI is InChI=1S/C10H16BrN3/c1-8(2)4-5-14(3)10-9(11)6-12-7-13-10/h6-8H,4-5H2,1-3H3. The number of rotatable bonds is 4. The van der Waals surface area contributed by atoms with Crippen molar-refractivity contribution in [2.24, 2.45) is 5.92 Å². The van der Waals surface area contributed by atoms with E-state index in [-0.39, 0.29) is 0 Å². The van der Waals surface area contributed by atoms with E-state index in [0.717, 1.165) is 22.8 Å². The Labute approximate surface area is 93.7 Å². The lowest BCUT2D eigenvalue weighted by atomic mass is 10.1. The molecule has 0 radical (unpaired) electrons. The minimum Gasteiger partial charge on any atom is -0.359 e. The summed E-state index contributed by atoms with van der Waals surface area (Å²) in [5.74, 6) is 1.68. The largest absolute Gasteiger partial charge is 0.359 e. The zero-order valence-electron chi connectivity index (χ0n) is 8.87. The molecule has 14 heavy (non-hydrogen) atoms. The molecule has 4 heteroatoms. The van der Waals surface area contributed by atoms with Crippen LogP contribution in [-0.4, -0.2) is 23.6 Å². The van der Waals surface area contributed by atoms with Crippen molar-refractivity contribution in [1.82, 2.24) is 9.97 Å². The van der Waals surface area contributed by atoms with E-state index in [0.29, 0.717) is 0 Å². The second-order valence-electron chi connectivity index (χ2n) is 3.80. The van der Waals surface area contributed by atoms with E-state index in [1.165, 1.54) is 6.42 Å². The molecule has 1 aromatic rings. The summed E-state index contributed by atoms with van der Waals surface area (Å²) in [6, 6.07) is 0. The summed E-state index contributed by atoms with van der Waals surface area (Å²) in [6.07, 6.45) is 4.52. The van der Waals surface area contributed by atoms with Gasteiger partial charge in [0.25, 0.3) is 0 Å². The summed E-state index contributed by atoms with van der Waals surface area (Å²) in [5, 5.41) is 0. The molecule has 0 N–H and O–H groups in total. The van der Waals surface area contributed by atoms with Gasteiger partial charge in [-0.15, -0.1) is 0 Å². The van der Waals surface area contributed by atoms with Crippen molar-refractivity contribution >= 4 is 21.7 Å². The molecule has 0 amide bonds. The molecule has 0 saturated carbocycles. The highest BCUT2D eigenvalue weighted by atomic mass is 79.9. The van der Waals surface area contributed by atoms with Gasteiger partial charge in [0.1, 0.15) is 12.1 Å². The lowest BCUT2D eigenvalue weighted by Crippen LogP contribution is -2.21. The molecule has 0 unspecified atom stereocenters. The third-order valence-corrected chi connectivity index (χ3v) is 2.61. The minimum absolute atomic E-state index is 0.720. The highest BCUT2D eigenvalue weighted by Crippen LogP contribution is 2.21. The van der Waals surface area contributed by atoms with E-state index in [1.54, 1.807) is 12.5 Å². The van der Waals surface area contributed by atoms with Gasteiger partial charge in [-0.05, 0) is 28.3 Å². The third-order valence-electron chi connectivity index (χ3n) is 2.05. The molecule has 1 rings (SSSR count). The Hall–Kier alpha value is -0.640. The van der Waals surface area contributed by atoms with Gasteiger partial charge < -0.3 is 4.90 Å². The van der Waals surface area contributed by atoms with Crippen LogP contribution in [0.3, 0.4) is 0 Å². The van der Waals surface area contributed by atoms with Crippen molar-refractivity contribution in [3.05, 3.63) is 17.0 Å². The first-order valence-corrected chi connectivity index (χ1v) is 5.57. The molecule has 0 aliphatic heterocycles. The SMILES string of the molecule is CC(C)CCN(C)c1ncncc1Br. The van der Waals surface area contributed by atoms with Crippen LogP contribution in [0.5, 0.6) is 0 Å². The summed E-state index contributed by atoms with van der Waals surface area (Å²) in [4.78, 5) is 10.3. The maximum atomic E-state index is 4.22. The van der Waals surface area contributed by atoms with Crippen molar-refractivity contribution in [3.63, 3.8) is 0 Å². The molecule has 1 aromatic heterocycles. The van der Waals surface area contributed by atoms with E-state index in [4.69, 9.17) is 0 Å². The average Bonchev–Trinajstić information content (AvgIpc) is 2.15. The fourth-order valence-corrected chi connectivity index (χ4v) is 1.67. The van der Waals surface area contributed by atoms with Crippen molar-refractivity contribution in [2.75, 3.05) is 18.5 Å². The zero-order chi connectivity index (χ0) is 10.6. The van der Waals surface area contributed by atoms with E-state index >= 15 is 0 Å². The molecule has 78 valence electrons. The van der Waals surface area contributed by atoms with Crippen LogP contribution in [0.4, 0.5) is 5.82 Å². The molecular weight excluding hydrogens is 242 g/mol. The van der Waals surface area contributed by atoms with Crippen molar-refractivity contribution < 1.29 is 0 Å². The van der Waals surface area contributed by atoms with E-state index in [1.807, 2.05) is 0 Å². The number of aromatic nitrogens is 2. The van der Waals surface area contributed by atoms with Gasteiger partial charge >= 0.3 is 0 Å². The van der Waals surface area contributed by atoms with Gasteiger partial charge in [0.2, 0.25) is 0 Å². The van der Waals surface area contributed by atoms with Crippen LogP contribution in [0, 0.1) is 5.92 Å². The molecule has 0 aliphatic carbocycles. The van der Waals surface area contributed by atoms with Gasteiger partial charge in [0, 0.05) is 19.8 Å². The Balaban J connectivity index is 2.60. The third kappa shape index (κ3) is 3.25. The molecule has 0 aliphatic rings. The Morgan fingerprint density at radius 1 is 1.50 bits per heavy atom. The molecule has 0 atom stereocenters. The predicted molar refractivity (Wildman–Crippen MR) is 62.5 cm³/mol. The predicted octanol–water partition coefficient (Wildman–Crippen LogP) is 2.72. The number of halogens is 1. The highest BCUT2D eigenvalue weighted by Gasteiger charge is 2.07. The van der Waals surface area contributed by atoms with Crippen LogP contribution in [0.15, 0.2) is 17.0 Å².